The number of rotatable bonds is 4. The Balaban J connectivity index is 1.70. The number of likely N-dealkylation sites (N-methyl/N-ethyl adjacent to an activating group) is 1. The molecule has 2 amide bonds. The van der Waals surface area contributed by atoms with Crippen LogP contribution in [0.2, 0.25) is 0 Å². The summed E-state index contributed by atoms with van der Waals surface area (Å²) < 4.78 is 4.94. The molecule has 0 N–H and O–H groups in total. The monoisotopic (exact) mass is 346 g/mol. The van der Waals surface area contributed by atoms with Crippen LogP contribution in [0.4, 0.5) is 0 Å². The first-order valence-corrected chi connectivity index (χ1v) is 8.73. The normalized spacial score (nSPS) is 21.0. The number of ether oxygens (including phenoxy) is 1. The van der Waals surface area contributed by atoms with Gasteiger partial charge in [0, 0.05) is 52.2 Å². The van der Waals surface area contributed by atoms with Crippen LogP contribution in [0.25, 0.3) is 0 Å². The van der Waals surface area contributed by atoms with Gasteiger partial charge in [-0.25, -0.2) is 0 Å². The van der Waals surface area contributed by atoms with Gasteiger partial charge in [0.1, 0.15) is 12.1 Å². The van der Waals surface area contributed by atoms with Crippen LogP contribution in [0.5, 0.6) is 0 Å². The summed E-state index contributed by atoms with van der Waals surface area (Å²) in [5, 5.41) is 0. The van der Waals surface area contributed by atoms with Gasteiger partial charge in [0.25, 0.3) is 0 Å². The molecular weight excluding hydrogens is 320 g/mol. The predicted octanol–water partition coefficient (Wildman–Crippen LogP) is 0.363. The molecule has 0 atom stereocenters. The maximum atomic E-state index is 13.3. The molecule has 2 saturated heterocycles. The van der Waals surface area contributed by atoms with Crippen LogP contribution in [-0.4, -0.2) is 84.0 Å². The maximum Gasteiger partial charge on any atom is 0.248 e. The van der Waals surface area contributed by atoms with Crippen molar-refractivity contribution in [1.29, 1.82) is 0 Å². The molecule has 0 aromatic carbocycles. The second-order valence-corrected chi connectivity index (χ2v) is 6.85. The van der Waals surface area contributed by atoms with E-state index in [1.807, 2.05) is 24.1 Å². The molecule has 0 saturated carbocycles. The third-order valence-electron chi connectivity index (χ3n) is 5.46. The largest absolute Gasteiger partial charge is 0.375 e. The highest BCUT2D eigenvalue weighted by Crippen LogP contribution is 2.33. The number of methoxy groups -OCH3 is 1. The van der Waals surface area contributed by atoms with Crippen molar-refractivity contribution in [1.82, 2.24) is 19.7 Å². The number of piperazine rings is 1. The minimum atomic E-state index is -0.491. The zero-order chi connectivity index (χ0) is 17.9. The number of nitrogens with zero attached hydrogens (tertiary/aromatic N) is 4. The Morgan fingerprint density at radius 2 is 1.88 bits per heavy atom. The van der Waals surface area contributed by atoms with Gasteiger partial charge in [-0.2, -0.15) is 0 Å². The van der Waals surface area contributed by atoms with Gasteiger partial charge in [-0.05, 0) is 37.6 Å². The van der Waals surface area contributed by atoms with E-state index >= 15 is 0 Å². The van der Waals surface area contributed by atoms with E-state index in [-0.39, 0.29) is 18.4 Å². The highest BCUT2D eigenvalue weighted by molar-refractivity contribution is 5.88. The second kappa shape index (κ2) is 7.49. The van der Waals surface area contributed by atoms with Gasteiger partial charge in [-0.15, -0.1) is 0 Å². The number of carbonyl (C=O) groups is 2. The molecule has 7 heteroatoms. The summed E-state index contributed by atoms with van der Waals surface area (Å²) in [6, 6.07) is 3.90. The zero-order valence-corrected chi connectivity index (χ0v) is 15.0. The summed E-state index contributed by atoms with van der Waals surface area (Å²) in [4.78, 5) is 35.2. The zero-order valence-electron chi connectivity index (χ0n) is 15.0. The lowest BCUT2D eigenvalue weighted by atomic mass is 9.82. The van der Waals surface area contributed by atoms with Gasteiger partial charge in [0.15, 0.2) is 0 Å². The summed E-state index contributed by atoms with van der Waals surface area (Å²) in [6.45, 7) is 3.49. The Morgan fingerprint density at radius 1 is 1.20 bits per heavy atom. The number of pyridine rings is 1. The number of amides is 2. The minimum Gasteiger partial charge on any atom is -0.375 e. The average molecular weight is 346 g/mol. The minimum absolute atomic E-state index is 0.00287. The van der Waals surface area contributed by atoms with E-state index < -0.39 is 5.54 Å². The van der Waals surface area contributed by atoms with Crippen LogP contribution in [0.15, 0.2) is 24.5 Å². The molecule has 3 heterocycles. The smallest absolute Gasteiger partial charge is 0.248 e. The van der Waals surface area contributed by atoms with Crippen molar-refractivity contribution in [2.24, 2.45) is 0 Å². The summed E-state index contributed by atoms with van der Waals surface area (Å²) in [5.41, 5.74) is 0.602. The van der Waals surface area contributed by atoms with Crippen molar-refractivity contribution >= 4 is 11.8 Å². The highest BCUT2D eigenvalue weighted by Gasteiger charge is 2.49. The van der Waals surface area contributed by atoms with Crippen molar-refractivity contribution < 1.29 is 14.3 Å². The van der Waals surface area contributed by atoms with Crippen molar-refractivity contribution in [2.45, 2.75) is 24.9 Å². The third-order valence-corrected chi connectivity index (χ3v) is 5.46. The van der Waals surface area contributed by atoms with Crippen LogP contribution in [0, 0.1) is 0 Å². The highest BCUT2D eigenvalue weighted by atomic mass is 16.5. The number of aromatic nitrogens is 1. The van der Waals surface area contributed by atoms with Gasteiger partial charge in [0.05, 0.1) is 0 Å². The van der Waals surface area contributed by atoms with Crippen LogP contribution in [-0.2, 0) is 20.9 Å². The number of hydrogen-bond acceptors (Lipinski definition) is 5. The fourth-order valence-electron chi connectivity index (χ4n) is 3.84. The SMILES string of the molecule is COCC(=O)N1CCC2(CC1)C(=O)N(Cc1ccncc1)CCN2C. The van der Waals surface area contributed by atoms with E-state index in [2.05, 4.69) is 9.88 Å². The number of piperidine rings is 1. The summed E-state index contributed by atoms with van der Waals surface area (Å²) in [7, 11) is 3.55. The van der Waals surface area contributed by atoms with E-state index in [4.69, 9.17) is 4.74 Å². The Hall–Kier alpha value is -1.99. The quantitative estimate of drug-likeness (QED) is 0.788. The van der Waals surface area contributed by atoms with E-state index in [1.54, 1.807) is 17.3 Å². The second-order valence-electron chi connectivity index (χ2n) is 6.85. The molecule has 136 valence electrons. The Labute approximate surface area is 148 Å². The first-order chi connectivity index (χ1) is 12.1. The Bertz CT molecular complexity index is 614. The molecule has 1 aromatic heterocycles. The molecule has 3 rings (SSSR count). The van der Waals surface area contributed by atoms with Gasteiger partial charge < -0.3 is 14.5 Å². The van der Waals surface area contributed by atoms with Gasteiger partial charge in [-0.3, -0.25) is 19.5 Å². The Morgan fingerprint density at radius 3 is 2.52 bits per heavy atom. The van der Waals surface area contributed by atoms with Crippen molar-refractivity contribution in [2.75, 3.05) is 46.9 Å². The number of carbonyl (C=O) groups excluding carboxylic acids is 2. The van der Waals surface area contributed by atoms with Gasteiger partial charge in [-0.1, -0.05) is 0 Å². The molecule has 0 radical (unpaired) electrons. The standard InChI is InChI=1S/C18H26N4O3/c1-20-11-12-22(13-15-3-7-19-8-4-15)17(24)18(20)5-9-21(10-6-18)16(23)14-25-2/h3-4,7-8H,5-6,9-14H2,1-2H3. The first kappa shape index (κ1) is 17.8. The first-order valence-electron chi connectivity index (χ1n) is 8.73. The van der Waals surface area contributed by atoms with Crippen LogP contribution < -0.4 is 0 Å². The van der Waals surface area contributed by atoms with Gasteiger partial charge >= 0.3 is 0 Å². The lowest BCUT2D eigenvalue weighted by Crippen LogP contribution is -2.67. The molecule has 0 unspecified atom stereocenters. The molecule has 0 aliphatic carbocycles. The van der Waals surface area contributed by atoms with E-state index in [9.17, 15) is 9.59 Å². The molecule has 2 aliphatic rings. The number of likely N-dealkylation sites (tertiary alicyclic amines) is 1. The molecule has 25 heavy (non-hydrogen) atoms. The molecule has 7 nitrogen and oxygen atoms in total. The molecule has 2 aliphatic heterocycles. The molecule has 1 spiro atoms. The van der Waals surface area contributed by atoms with Crippen LogP contribution in [0.3, 0.4) is 0 Å². The van der Waals surface area contributed by atoms with E-state index in [0.717, 1.165) is 18.7 Å². The molecule has 0 bridgehead atoms. The third kappa shape index (κ3) is 3.52. The summed E-state index contributed by atoms with van der Waals surface area (Å²) in [6.07, 6.45) is 4.85. The summed E-state index contributed by atoms with van der Waals surface area (Å²) in [5.74, 6) is 0.175. The fourth-order valence-corrected chi connectivity index (χ4v) is 3.84. The van der Waals surface area contributed by atoms with Crippen molar-refractivity contribution in [3.8, 4) is 0 Å². The van der Waals surface area contributed by atoms with Gasteiger partial charge in [0.2, 0.25) is 11.8 Å². The predicted molar refractivity (Wildman–Crippen MR) is 92.7 cm³/mol. The summed E-state index contributed by atoms with van der Waals surface area (Å²) >= 11 is 0. The fraction of sp³-hybridized carbons (Fsp3) is 0.611. The van der Waals surface area contributed by atoms with Crippen molar-refractivity contribution in [3.63, 3.8) is 0 Å². The van der Waals surface area contributed by atoms with E-state index in [0.29, 0.717) is 32.5 Å². The average Bonchev–Trinajstić information content (AvgIpc) is 2.64. The molecule has 2 fully saturated rings. The Kier molecular flexibility index (Phi) is 5.34. The molecule has 1 aromatic rings. The van der Waals surface area contributed by atoms with Crippen LogP contribution in [0.1, 0.15) is 18.4 Å². The van der Waals surface area contributed by atoms with Crippen LogP contribution >= 0.6 is 0 Å². The molecular formula is C18H26N4O3. The lowest BCUT2D eigenvalue weighted by molar-refractivity contribution is -0.158. The topological polar surface area (TPSA) is 66.0 Å². The lowest BCUT2D eigenvalue weighted by Gasteiger charge is -2.51. The number of hydrogen-bond donors (Lipinski definition) is 0. The maximum absolute atomic E-state index is 13.3. The van der Waals surface area contributed by atoms with E-state index in [1.165, 1.54) is 7.11 Å². The van der Waals surface area contributed by atoms with Crippen molar-refractivity contribution in [3.05, 3.63) is 30.1 Å².